The molecule has 3 heteroatoms. The average molecular weight is 199 g/mol. The minimum absolute atomic E-state index is 0.788. The van der Waals surface area contributed by atoms with E-state index in [-0.39, 0.29) is 0 Å². The molecule has 2 heterocycles. The van der Waals surface area contributed by atoms with Crippen LogP contribution in [0.1, 0.15) is 24.1 Å². The lowest BCUT2D eigenvalue weighted by Crippen LogP contribution is -2.09. The van der Waals surface area contributed by atoms with E-state index in [0.29, 0.717) is 0 Å². The molecule has 1 aliphatic rings. The molecule has 0 saturated carbocycles. The van der Waals surface area contributed by atoms with Crippen molar-refractivity contribution in [2.24, 2.45) is 0 Å². The quantitative estimate of drug-likeness (QED) is 0.706. The fraction of sp³-hybridized carbons (Fsp3) is 0.333. The Bertz CT molecular complexity index is 520. The lowest BCUT2D eigenvalue weighted by atomic mass is 9.93. The summed E-state index contributed by atoms with van der Waals surface area (Å²) in [7, 11) is 0. The maximum absolute atomic E-state index is 6.16. The van der Waals surface area contributed by atoms with Crippen LogP contribution in [-0.4, -0.2) is 9.97 Å². The predicted molar refractivity (Wildman–Crippen MR) is 60.6 cm³/mol. The van der Waals surface area contributed by atoms with Gasteiger partial charge >= 0.3 is 0 Å². The fourth-order valence-corrected chi connectivity index (χ4v) is 2.29. The summed E-state index contributed by atoms with van der Waals surface area (Å²) in [4.78, 5) is 8.84. The number of rotatable bonds is 0. The molecule has 0 unspecified atom stereocenters. The first-order valence-electron chi connectivity index (χ1n) is 5.38. The van der Waals surface area contributed by atoms with Gasteiger partial charge in [0, 0.05) is 23.0 Å². The van der Waals surface area contributed by atoms with Gasteiger partial charge in [0.15, 0.2) is 5.65 Å². The van der Waals surface area contributed by atoms with E-state index in [2.05, 4.69) is 9.97 Å². The average Bonchev–Trinajstić information content (AvgIpc) is 2.30. The van der Waals surface area contributed by atoms with Crippen LogP contribution in [0.3, 0.4) is 0 Å². The van der Waals surface area contributed by atoms with Crippen molar-refractivity contribution in [3.05, 3.63) is 29.6 Å². The topological polar surface area (TPSA) is 51.8 Å². The first-order chi connectivity index (χ1) is 7.36. The van der Waals surface area contributed by atoms with E-state index >= 15 is 0 Å². The normalized spacial score (nSPS) is 15.2. The summed E-state index contributed by atoms with van der Waals surface area (Å²) < 4.78 is 0. The van der Waals surface area contributed by atoms with Gasteiger partial charge in [0.05, 0.1) is 0 Å². The van der Waals surface area contributed by atoms with Gasteiger partial charge in [0.1, 0.15) is 0 Å². The number of aryl methyl sites for hydroxylation is 1. The molecule has 3 rings (SSSR count). The largest absolute Gasteiger partial charge is 0.398 e. The van der Waals surface area contributed by atoms with Crippen molar-refractivity contribution in [1.29, 1.82) is 0 Å². The Morgan fingerprint density at radius 1 is 1.20 bits per heavy atom. The molecule has 0 saturated heterocycles. The maximum atomic E-state index is 6.16. The van der Waals surface area contributed by atoms with Gasteiger partial charge in [-0.1, -0.05) is 0 Å². The van der Waals surface area contributed by atoms with Crippen molar-refractivity contribution in [2.45, 2.75) is 25.7 Å². The fourth-order valence-electron chi connectivity index (χ4n) is 2.29. The maximum Gasteiger partial charge on any atom is 0.161 e. The van der Waals surface area contributed by atoms with E-state index in [1.165, 1.54) is 18.4 Å². The third-order valence-corrected chi connectivity index (χ3v) is 3.08. The van der Waals surface area contributed by atoms with Crippen molar-refractivity contribution in [3.63, 3.8) is 0 Å². The van der Waals surface area contributed by atoms with Crippen molar-refractivity contribution in [1.82, 2.24) is 9.97 Å². The SMILES string of the molecule is Nc1c2c(nc3ncccc13)CCCC2. The zero-order chi connectivity index (χ0) is 10.3. The van der Waals surface area contributed by atoms with Gasteiger partial charge in [0.2, 0.25) is 0 Å². The number of hydrogen-bond donors (Lipinski definition) is 1. The molecule has 0 radical (unpaired) electrons. The van der Waals surface area contributed by atoms with E-state index in [1.54, 1.807) is 6.20 Å². The van der Waals surface area contributed by atoms with E-state index < -0.39 is 0 Å². The zero-order valence-corrected chi connectivity index (χ0v) is 8.53. The molecule has 0 fully saturated rings. The Labute approximate surface area is 88.3 Å². The molecule has 2 aromatic heterocycles. The molecule has 0 amide bonds. The number of nitrogens with two attached hydrogens (primary N) is 1. The van der Waals surface area contributed by atoms with Gasteiger partial charge in [-0.25, -0.2) is 9.97 Å². The molecule has 2 aromatic rings. The monoisotopic (exact) mass is 199 g/mol. The van der Waals surface area contributed by atoms with E-state index in [0.717, 1.165) is 35.3 Å². The first kappa shape index (κ1) is 8.65. The minimum atomic E-state index is 0.788. The van der Waals surface area contributed by atoms with Crippen LogP contribution in [0.15, 0.2) is 18.3 Å². The highest BCUT2D eigenvalue weighted by Gasteiger charge is 2.16. The van der Waals surface area contributed by atoms with Gasteiger partial charge in [0.25, 0.3) is 0 Å². The Morgan fingerprint density at radius 3 is 3.00 bits per heavy atom. The number of hydrogen-bond acceptors (Lipinski definition) is 3. The first-order valence-corrected chi connectivity index (χ1v) is 5.38. The molecular formula is C12H13N3. The highest BCUT2D eigenvalue weighted by molar-refractivity contribution is 5.89. The Hall–Kier alpha value is -1.64. The lowest BCUT2D eigenvalue weighted by Gasteiger charge is -2.17. The molecule has 76 valence electrons. The van der Waals surface area contributed by atoms with Crippen LogP contribution in [0.25, 0.3) is 11.0 Å². The number of aromatic nitrogens is 2. The second-order valence-electron chi connectivity index (χ2n) is 4.03. The Morgan fingerprint density at radius 2 is 2.07 bits per heavy atom. The smallest absolute Gasteiger partial charge is 0.161 e. The van der Waals surface area contributed by atoms with Gasteiger partial charge in [-0.2, -0.15) is 0 Å². The summed E-state index contributed by atoms with van der Waals surface area (Å²) in [5, 5.41) is 0.998. The van der Waals surface area contributed by atoms with E-state index in [4.69, 9.17) is 5.73 Å². The molecular weight excluding hydrogens is 186 g/mol. The third-order valence-electron chi connectivity index (χ3n) is 3.08. The summed E-state index contributed by atoms with van der Waals surface area (Å²) >= 11 is 0. The van der Waals surface area contributed by atoms with Gasteiger partial charge < -0.3 is 5.73 Å². The molecule has 2 N–H and O–H groups in total. The van der Waals surface area contributed by atoms with Gasteiger partial charge in [-0.3, -0.25) is 0 Å². The van der Waals surface area contributed by atoms with Crippen molar-refractivity contribution in [3.8, 4) is 0 Å². The van der Waals surface area contributed by atoms with Gasteiger partial charge in [-0.05, 0) is 43.4 Å². The second-order valence-corrected chi connectivity index (χ2v) is 4.03. The van der Waals surface area contributed by atoms with Crippen molar-refractivity contribution >= 4 is 16.7 Å². The van der Waals surface area contributed by atoms with Crippen LogP contribution in [0.5, 0.6) is 0 Å². The summed E-state index contributed by atoms with van der Waals surface area (Å²) in [5.41, 5.74) is 10.2. The molecule has 0 atom stereocenters. The number of fused-ring (bicyclic) bond motifs is 2. The molecule has 1 aliphatic carbocycles. The molecule has 0 aromatic carbocycles. The highest BCUT2D eigenvalue weighted by atomic mass is 14.9. The van der Waals surface area contributed by atoms with Crippen LogP contribution < -0.4 is 5.73 Å². The highest BCUT2D eigenvalue weighted by Crippen LogP contribution is 2.29. The van der Waals surface area contributed by atoms with Crippen LogP contribution in [0.4, 0.5) is 5.69 Å². The van der Waals surface area contributed by atoms with Crippen molar-refractivity contribution < 1.29 is 0 Å². The number of nitrogen functional groups attached to an aromatic ring is 1. The third kappa shape index (κ3) is 1.27. The zero-order valence-electron chi connectivity index (χ0n) is 8.53. The molecule has 0 bridgehead atoms. The molecule has 15 heavy (non-hydrogen) atoms. The number of anilines is 1. The van der Waals surface area contributed by atoms with Crippen LogP contribution in [-0.2, 0) is 12.8 Å². The summed E-state index contributed by atoms with van der Waals surface area (Å²) in [6.07, 6.45) is 6.33. The van der Waals surface area contributed by atoms with Crippen molar-refractivity contribution in [2.75, 3.05) is 5.73 Å². The van der Waals surface area contributed by atoms with Crippen LogP contribution in [0.2, 0.25) is 0 Å². The second kappa shape index (κ2) is 3.19. The summed E-state index contributed by atoms with van der Waals surface area (Å²) in [5.74, 6) is 0. The predicted octanol–water partition coefficient (Wildman–Crippen LogP) is 2.09. The van der Waals surface area contributed by atoms with Gasteiger partial charge in [-0.15, -0.1) is 0 Å². The van der Waals surface area contributed by atoms with Crippen LogP contribution in [0, 0.1) is 0 Å². The van der Waals surface area contributed by atoms with Crippen LogP contribution >= 0.6 is 0 Å². The number of nitrogens with zero attached hydrogens (tertiary/aromatic N) is 2. The summed E-state index contributed by atoms with van der Waals surface area (Å²) in [6, 6.07) is 3.91. The number of pyridine rings is 2. The minimum Gasteiger partial charge on any atom is -0.398 e. The molecule has 0 aliphatic heterocycles. The lowest BCUT2D eigenvalue weighted by molar-refractivity contribution is 0.672. The Balaban J connectivity index is 2.36. The molecule has 0 spiro atoms. The van der Waals surface area contributed by atoms with E-state index in [1.807, 2.05) is 12.1 Å². The Kier molecular flexibility index (Phi) is 1.84. The summed E-state index contributed by atoms with van der Waals surface area (Å²) in [6.45, 7) is 0. The van der Waals surface area contributed by atoms with E-state index in [9.17, 15) is 0 Å². The standard InChI is InChI=1S/C12H13N3/c13-11-8-4-1-2-6-10(8)15-12-9(11)5-3-7-14-12/h3,5,7H,1-2,4,6H2,(H2,13,14,15). The molecule has 3 nitrogen and oxygen atoms in total.